The molecule has 2 aromatic heterocycles. The summed E-state index contributed by atoms with van der Waals surface area (Å²) in [5.74, 6) is 0.646. The van der Waals surface area contributed by atoms with E-state index in [2.05, 4.69) is 34.2 Å². The third-order valence-corrected chi connectivity index (χ3v) is 2.66. The fourth-order valence-corrected chi connectivity index (χ4v) is 1.65. The Bertz CT molecular complexity index is 574. The van der Waals surface area contributed by atoms with E-state index in [0.29, 0.717) is 12.5 Å². The zero-order valence-electron chi connectivity index (χ0n) is 11.7. The van der Waals surface area contributed by atoms with Crippen molar-refractivity contribution in [2.24, 2.45) is 5.92 Å². The van der Waals surface area contributed by atoms with Crippen LogP contribution in [0.2, 0.25) is 0 Å². The van der Waals surface area contributed by atoms with Crippen LogP contribution in [0, 0.1) is 5.92 Å². The monoisotopic (exact) mass is 299 g/mol. The normalized spacial score (nSPS) is 12.1. The number of rotatable bonds is 5. The molecule has 0 aromatic carbocycles. The van der Waals surface area contributed by atoms with Gasteiger partial charge >= 0.3 is 6.18 Å². The van der Waals surface area contributed by atoms with Crippen LogP contribution in [0.4, 0.5) is 13.2 Å². The molecule has 0 spiro atoms. The van der Waals surface area contributed by atoms with Gasteiger partial charge in [0.25, 0.3) is 0 Å². The van der Waals surface area contributed by atoms with Gasteiger partial charge in [-0.15, -0.1) is 0 Å². The van der Waals surface area contributed by atoms with Crippen LogP contribution in [0.5, 0.6) is 0 Å². The highest BCUT2D eigenvalue weighted by Crippen LogP contribution is 2.27. The molecular formula is C13H16F3N5. The molecule has 0 unspecified atom stereocenters. The first kappa shape index (κ1) is 15.4. The highest BCUT2D eigenvalue weighted by molar-refractivity contribution is 5.16. The highest BCUT2D eigenvalue weighted by Gasteiger charge is 2.33. The summed E-state index contributed by atoms with van der Waals surface area (Å²) in [5, 5.41) is 6.65. The van der Waals surface area contributed by atoms with E-state index < -0.39 is 11.9 Å². The quantitative estimate of drug-likeness (QED) is 0.921. The molecule has 0 radical (unpaired) electrons. The van der Waals surface area contributed by atoms with Crippen molar-refractivity contribution in [2.75, 3.05) is 6.54 Å². The summed E-state index contributed by atoms with van der Waals surface area (Å²) in [7, 11) is 0. The summed E-state index contributed by atoms with van der Waals surface area (Å²) in [5.41, 5.74) is -0.101. The largest absolute Gasteiger partial charge is 0.435 e. The second-order valence-electron chi connectivity index (χ2n) is 5.06. The molecule has 0 amide bonds. The molecule has 0 bridgehead atoms. The molecule has 0 fully saturated rings. The van der Waals surface area contributed by atoms with Crippen LogP contribution in [-0.4, -0.2) is 26.3 Å². The average Bonchev–Trinajstić information content (AvgIpc) is 2.88. The molecule has 8 heteroatoms. The summed E-state index contributed by atoms with van der Waals surface area (Å²) in [4.78, 5) is 8.05. The minimum absolute atomic E-state index is 0.109. The molecule has 114 valence electrons. The van der Waals surface area contributed by atoms with Crippen molar-refractivity contribution in [3.63, 3.8) is 0 Å². The fourth-order valence-electron chi connectivity index (χ4n) is 1.65. The van der Waals surface area contributed by atoms with Crippen LogP contribution in [0.3, 0.4) is 0 Å². The maximum atomic E-state index is 12.5. The van der Waals surface area contributed by atoms with Crippen molar-refractivity contribution >= 4 is 0 Å². The lowest BCUT2D eigenvalue weighted by molar-refractivity contribution is -0.141. The molecule has 0 saturated heterocycles. The number of nitrogens with zero attached hydrogens (tertiary/aromatic N) is 4. The molecule has 2 rings (SSSR count). The molecular weight excluding hydrogens is 283 g/mol. The Morgan fingerprint density at radius 3 is 2.43 bits per heavy atom. The molecule has 2 heterocycles. The average molecular weight is 299 g/mol. The van der Waals surface area contributed by atoms with Gasteiger partial charge in [0.15, 0.2) is 5.69 Å². The fraction of sp³-hybridized carbons (Fsp3) is 0.462. The predicted molar refractivity (Wildman–Crippen MR) is 70.7 cm³/mol. The van der Waals surface area contributed by atoms with Gasteiger partial charge in [-0.05, 0) is 18.5 Å². The van der Waals surface area contributed by atoms with Crippen LogP contribution in [-0.2, 0) is 12.7 Å². The lowest BCUT2D eigenvalue weighted by atomic mass is 10.2. The second-order valence-corrected chi connectivity index (χ2v) is 5.06. The minimum atomic E-state index is -4.47. The number of hydrogen-bond acceptors (Lipinski definition) is 4. The van der Waals surface area contributed by atoms with E-state index in [9.17, 15) is 13.2 Å². The van der Waals surface area contributed by atoms with Crippen molar-refractivity contribution in [1.82, 2.24) is 25.1 Å². The Kier molecular flexibility index (Phi) is 4.56. The van der Waals surface area contributed by atoms with E-state index in [1.807, 2.05) is 0 Å². The van der Waals surface area contributed by atoms with Gasteiger partial charge in [0.1, 0.15) is 0 Å². The van der Waals surface area contributed by atoms with E-state index >= 15 is 0 Å². The zero-order valence-corrected chi connectivity index (χ0v) is 11.7. The second kappa shape index (κ2) is 6.21. The third-order valence-electron chi connectivity index (χ3n) is 2.66. The lowest BCUT2D eigenvalue weighted by Crippen LogP contribution is -2.19. The van der Waals surface area contributed by atoms with Crippen LogP contribution < -0.4 is 5.32 Å². The van der Waals surface area contributed by atoms with Crippen LogP contribution in [0.15, 0.2) is 24.7 Å². The van der Waals surface area contributed by atoms with Crippen molar-refractivity contribution in [3.05, 3.63) is 35.9 Å². The minimum Gasteiger partial charge on any atom is -0.312 e. The van der Waals surface area contributed by atoms with E-state index in [-0.39, 0.29) is 5.95 Å². The summed E-state index contributed by atoms with van der Waals surface area (Å²) in [6.45, 7) is 5.69. The standard InChI is InChI=1S/C13H16F3N5/c1-9(2)5-17-6-10-7-18-12(19-8-10)21-4-3-11(20-21)13(14,15)16/h3-4,7-9,17H,5-6H2,1-2H3. The van der Waals surface area contributed by atoms with Gasteiger partial charge < -0.3 is 5.32 Å². The number of nitrogens with one attached hydrogen (secondary N) is 1. The molecule has 2 aromatic rings. The molecule has 0 saturated carbocycles. The molecule has 0 atom stereocenters. The third kappa shape index (κ3) is 4.25. The van der Waals surface area contributed by atoms with Crippen molar-refractivity contribution in [1.29, 1.82) is 0 Å². The van der Waals surface area contributed by atoms with E-state index in [1.54, 1.807) is 12.4 Å². The van der Waals surface area contributed by atoms with Gasteiger partial charge in [0.05, 0.1) is 0 Å². The highest BCUT2D eigenvalue weighted by atomic mass is 19.4. The number of hydrogen-bond donors (Lipinski definition) is 1. The Labute approximate surface area is 120 Å². The van der Waals surface area contributed by atoms with E-state index in [0.717, 1.165) is 22.9 Å². The van der Waals surface area contributed by atoms with Gasteiger partial charge in [0, 0.05) is 30.7 Å². The molecule has 0 aliphatic heterocycles. The molecule has 0 aliphatic rings. The first-order chi connectivity index (χ1) is 9.86. The summed E-state index contributed by atoms with van der Waals surface area (Å²) < 4.78 is 38.4. The first-order valence-electron chi connectivity index (χ1n) is 6.51. The van der Waals surface area contributed by atoms with Crippen molar-refractivity contribution in [2.45, 2.75) is 26.6 Å². The summed E-state index contributed by atoms with van der Waals surface area (Å²) in [6, 6.07) is 0.890. The molecule has 5 nitrogen and oxygen atoms in total. The lowest BCUT2D eigenvalue weighted by Gasteiger charge is -2.07. The van der Waals surface area contributed by atoms with Crippen molar-refractivity contribution in [3.8, 4) is 5.95 Å². The Balaban J connectivity index is 2.03. The molecule has 1 N–H and O–H groups in total. The Hall–Kier alpha value is -1.96. The molecule has 21 heavy (non-hydrogen) atoms. The smallest absolute Gasteiger partial charge is 0.312 e. The first-order valence-corrected chi connectivity index (χ1v) is 6.51. The number of alkyl halides is 3. The van der Waals surface area contributed by atoms with E-state index in [4.69, 9.17) is 0 Å². The topological polar surface area (TPSA) is 55.6 Å². The van der Waals surface area contributed by atoms with E-state index in [1.165, 1.54) is 6.20 Å². The van der Waals surface area contributed by atoms with Gasteiger partial charge in [-0.2, -0.15) is 18.3 Å². The van der Waals surface area contributed by atoms with Gasteiger partial charge in [-0.1, -0.05) is 13.8 Å². The number of aromatic nitrogens is 4. The van der Waals surface area contributed by atoms with Crippen LogP contribution in [0.25, 0.3) is 5.95 Å². The maximum Gasteiger partial charge on any atom is 0.435 e. The Morgan fingerprint density at radius 2 is 1.90 bits per heavy atom. The number of halogens is 3. The predicted octanol–water partition coefficient (Wildman–Crippen LogP) is 2.43. The van der Waals surface area contributed by atoms with Gasteiger partial charge in [-0.3, -0.25) is 0 Å². The van der Waals surface area contributed by atoms with Crippen LogP contribution >= 0.6 is 0 Å². The van der Waals surface area contributed by atoms with Crippen molar-refractivity contribution < 1.29 is 13.2 Å². The van der Waals surface area contributed by atoms with Crippen LogP contribution in [0.1, 0.15) is 25.1 Å². The Morgan fingerprint density at radius 1 is 1.24 bits per heavy atom. The van der Waals surface area contributed by atoms with Gasteiger partial charge in [0.2, 0.25) is 5.95 Å². The zero-order chi connectivity index (χ0) is 15.5. The summed E-state index contributed by atoms with van der Waals surface area (Å²) >= 11 is 0. The summed E-state index contributed by atoms with van der Waals surface area (Å²) in [6.07, 6.45) is -0.129. The molecule has 0 aliphatic carbocycles. The maximum absolute atomic E-state index is 12.5. The van der Waals surface area contributed by atoms with Gasteiger partial charge in [-0.25, -0.2) is 14.6 Å². The SMILES string of the molecule is CC(C)CNCc1cnc(-n2ccc(C(F)(F)F)n2)nc1.